The van der Waals surface area contributed by atoms with Gasteiger partial charge in [-0.1, -0.05) is 6.92 Å². The van der Waals surface area contributed by atoms with Crippen molar-refractivity contribution in [3.8, 4) is 0 Å². The number of aromatic nitrogens is 1. The Kier molecular flexibility index (Phi) is 6.34. The van der Waals surface area contributed by atoms with E-state index >= 15 is 0 Å². The van der Waals surface area contributed by atoms with Crippen LogP contribution in [0.3, 0.4) is 0 Å². The molecule has 2 N–H and O–H groups in total. The zero-order chi connectivity index (χ0) is 16.0. The van der Waals surface area contributed by atoms with Gasteiger partial charge in [0.1, 0.15) is 10.6 Å². The minimum absolute atomic E-state index is 0.0627. The van der Waals surface area contributed by atoms with Gasteiger partial charge in [0.05, 0.1) is 6.54 Å². The van der Waals surface area contributed by atoms with E-state index in [2.05, 4.69) is 4.72 Å². The fourth-order valence-corrected chi connectivity index (χ4v) is 2.81. The molecule has 0 aliphatic carbocycles. The number of hydrogen-bond acceptors (Lipinski definition) is 5. The number of ether oxygens (including phenoxy) is 2. The van der Waals surface area contributed by atoms with E-state index < -0.39 is 22.3 Å². The number of nitrogens with zero attached hydrogens (tertiary/aromatic N) is 1. The molecule has 0 atom stereocenters. The summed E-state index contributed by atoms with van der Waals surface area (Å²) in [5.74, 6) is -1.17. The van der Waals surface area contributed by atoms with Crippen LogP contribution in [-0.2, 0) is 26.0 Å². The normalized spacial score (nSPS) is 12.0. The first kappa shape index (κ1) is 17.6. The van der Waals surface area contributed by atoms with Gasteiger partial charge in [0.2, 0.25) is 10.0 Å². The number of carboxylic acid groups (broad SMARTS) is 1. The van der Waals surface area contributed by atoms with Crippen LogP contribution in [0.25, 0.3) is 0 Å². The average molecular weight is 320 g/mol. The third kappa shape index (κ3) is 4.53. The molecule has 8 nitrogen and oxygen atoms in total. The molecule has 1 rings (SSSR count). The van der Waals surface area contributed by atoms with Crippen molar-refractivity contribution < 1.29 is 27.8 Å². The van der Waals surface area contributed by atoms with E-state index in [0.29, 0.717) is 13.0 Å². The SMILES string of the molecule is CCCn1cc(S(=O)(=O)NCC(OC)OC)cc1C(=O)O. The first-order valence-electron chi connectivity index (χ1n) is 6.34. The standard InChI is InChI=1S/C12H20N2O6S/c1-4-5-14-8-9(6-10(14)12(15)16)21(17,18)13-7-11(19-2)20-3/h6,8,11,13H,4-5,7H2,1-3H3,(H,15,16). The number of sulfonamides is 1. The number of methoxy groups -OCH3 is 2. The minimum Gasteiger partial charge on any atom is -0.477 e. The van der Waals surface area contributed by atoms with Crippen molar-refractivity contribution in [2.75, 3.05) is 20.8 Å². The molecular formula is C12H20N2O6S. The Bertz CT molecular complexity index is 577. The van der Waals surface area contributed by atoms with Gasteiger partial charge in [-0.05, 0) is 12.5 Å². The molecule has 0 aliphatic heterocycles. The summed E-state index contributed by atoms with van der Waals surface area (Å²) in [5.41, 5.74) is -0.0627. The maximum Gasteiger partial charge on any atom is 0.352 e. The first-order chi connectivity index (χ1) is 9.85. The fraction of sp³-hybridized carbons (Fsp3) is 0.583. The Balaban J connectivity index is 2.97. The maximum absolute atomic E-state index is 12.1. The summed E-state index contributed by atoms with van der Waals surface area (Å²) in [4.78, 5) is 11.0. The van der Waals surface area contributed by atoms with E-state index in [9.17, 15) is 13.2 Å². The minimum atomic E-state index is -3.82. The molecule has 0 saturated carbocycles. The number of carboxylic acids is 1. The molecule has 0 aromatic carbocycles. The summed E-state index contributed by atoms with van der Waals surface area (Å²) in [7, 11) is -1.04. The average Bonchev–Trinajstić information content (AvgIpc) is 2.85. The highest BCUT2D eigenvalue weighted by Crippen LogP contribution is 2.15. The molecule has 1 aromatic heterocycles. The molecule has 21 heavy (non-hydrogen) atoms. The van der Waals surface area contributed by atoms with Crippen LogP contribution in [0.5, 0.6) is 0 Å². The summed E-state index contributed by atoms with van der Waals surface area (Å²) in [6, 6.07) is 1.13. The number of nitrogens with one attached hydrogen (secondary N) is 1. The highest BCUT2D eigenvalue weighted by Gasteiger charge is 2.22. The van der Waals surface area contributed by atoms with Gasteiger partial charge in [-0.25, -0.2) is 17.9 Å². The van der Waals surface area contributed by atoms with Crippen LogP contribution < -0.4 is 4.72 Å². The van der Waals surface area contributed by atoms with Crippen molar-refractivity contribution in [1.82, 2.24) is 9.29 Å². The Morgan fingerprint density at radius 1 is 1.43 bits per heavy atom. The van der Waals surface area contributed by atoms with Gasteiger partial charge in [-0.2, -0.15) is 0 Å². The largest absolute Gasteiger partial charge is 0.477 e. The summed E-state index contributed by atoms with van der Waals surface area (Å²) >= 11 is 0. The van der Waals surface area contributed by atoms with E-state index in [1.807, 2.05) is 6.92 Å². The van der Waals surface area contributed by atoms with Gasteiger partial charge in [0.25, 0.3) is 0 Å². The third-order valence-corrected chi connectivity index (χ3v) is 4.22. The lowest BCUT2D eigenvalue weighted by atomic mass is 10.4. The van der Waals surface area contributed by atoms with Crippen molar-refractivity contribution in [1.29, 1.82) is 0 Å². The fourth-order valence-electron chi connectivity index (χ4n) is 1.76. The summed E-state index contributed by atoms with van der Waals surface area (Å²) in [6.45, 7) is 2.23. The lowest BCUT2D eigenvalue weighted by molar-refractivity contribution is -0.0960. The van der Waals surface area contributed by atoms with Gasteiger partial charge in [0.15, 0.2) is 6.29 Å². The molecule has 0 bridgehead atoms. The lowest BCUT2D eigenvalue weighted by Gasteiger charge is -2.13. The maximum atomic E-state index is 12.1. The highest BCUT2D eigenvalue weighted by atomic mass is 32.2. The summed E-state index contributed by atoms with van der Waals surface area (Å²) < 4.78 is 37.8. The van der Waals surface area contributed by atoms with Gasteiger partial charge >= 0.3 is 5.97 Å². The Hall–Kier alpha value is -1.42. The van der Waals surface area contributed by atoms with Crippen molar-refractivity contribution in [3.63, 3.8) is 0 Å². The zero-order valence-corrected chi connectivity index (χ0v) is 13.0. The second-order valence-electron chi connectivity index (χ2n) is 4.31. The van der Waals surface area contributed by atoms with Gasteiger partial charge in [-0.3, -0.25) is 0 Å². The molecule has 0 unspecified atom stereocenters. The van der Waals surface area contributed by atoms with E-state index in [-0.39, 0.29) is 17.1 Å². The molecule has 9 heteroatoms. The van der Waals surface area contributed by atoms with Crippen LogP contribution in [-0.4, -0.2) is 51.1 Å². The Morgan fingerprint density at radius 3 is 2.52 bits per heavy atom. The molecule has 0 aliphatic rings. The van der Waals surface area contributed by atoms with Crippen LogP contribution in [0.2, 0.25) is 0 Å². The number of rotatable bonds is 9. The molecule has 0 radical (unpaired) electrons. The Morgan fingerprint density at radius 2 is 2.05 bits per heavy atom. The molecule has 0 fully saturated rings. The van der Waals surface area contributed by atoms with E-state index in [1.54, 1.807) is 0 Å². The molecule has 0 spiro atoms. The molecule has 1 heterocycles. The van der Waals surface area contributed by atoms with Crippen LogP contribution in [0.4, 0.5) is 0 Å². The summed E-state index contributed by atoms with van der Waals surface area (Å²) in [5, 5.41) is 9.09. The van der Waals surface area contributed by atoms with Crippen molar-refractivity contribution in [2.45, 2.75) is 31.1 Å². The Labute approximate surface area is 123 Å². The molecule has 1 aromatic rings. The molecule has 120 valence electrons. The monoisotopic (exact) mass is 320 g/mol. The number of hydrogen-bond donors (Lipinski definition) is 2. The van der Waals surface area contributed by atoms with Gasteiger partial charge in [0, 0.05) is 27.0 Å². The van der Waals surface area contributed by atoms with Crippen molar-refractivity contribution in [3.05, 3.63) is 18.0 Å². The van der Waals surface area contributed by atoms with Crippen LogP contribution in [0.15, 0.2) is 17.2 Å². The lowest BCUT2D eigenvalue weighted by Crippen LogP contribution is -2.34. The van der Waals surface area contributed by atoms with Crippen LogP contribution in [0.1, 0.15) is 23.8 Å². The number of aromatic carboxylic acids is 1. The second-order valence-corrected chi connectivity index (χ2v) is 6.08. The van der Waals surface area contributed by atoms with Crippen LogP contribution >= 0.6 is 0 Å². The highest BCUT2D eigenvalue weighted by molar-refractivity contribution is 7.89. The second kappa shape index (κ2) is 7.55. The van der Waals surface area contributed by atoms with E-state index in [4.69, 9.17) is 14.6 Å². The predicted molar refractivity (Wildman–Crippen MR) is 74.7 cm³/mol. The quantitative estimate of drug-likeness (QED) is 0.641. The predicted octanol–water partition coefficient (Wildman–Crippen LogP) is 0.493. The topological polar surface area (TPSA) is 107 Å². The third-order valence-electron chi connectivity index (χ3n) is 2.83. The van der Waals surface area contributed by atoms with Crippen LogP contribution in [0, 0.1) is 0 Å². The van der Waals surface area contributed by atoms with E-state index in [0.717, 1.165) is 6.07 Å². The van der Waals surface area contributed by atoms with Crippen molar-refractivity contribution in [2.24, 2.45) is 0 Å². The molecule has 0 saturated heterocycles. The van der Waals surface area contributed by atoms with Gasteiger partial charge in [-0.15, -0.1) is 0 Å². The van der Waals surface area contributed by atoms with E-state index in [1.165, 1.54) is 25.0 Å². The smallest absolute Gasteiger partial charge is 0.352 e. The molecule has 0 amide bonds. The number of carbonyl (C=O) groups is 1. The molecular weight excluding hydrogens is 300 g/mol. The zero-order valence-electron chi connectivity index (χ0n) is 12.2. The van der Waals surface area contributed by atoms with Gasteiger partial charge < -0.3 is 19.1 Å². The number of aryl methyl sites for hydroxylation is 1. The summed E-state index contributed by atoms with van der Waals surface area (Å²) in [6.07, 6.45) is 1.29. The first-order valence-corrected chi connectivity index (χ1v) is 7.82. The van der Waals surface area contributed by atoms with Crippen molar-refractivity contribution >= 4 is 16.0 Å².